The lowest BCUT2D eigenvalue weighted by atomic mass is 9.56. The van der Waals surface area contributed by atoms with E-state index in [1.165, 1.54) is 38.5 Å². The summed E-state index contributed by atoms with van der Waals surface area (Å²) in [5.74, 6) is 2.89. The topological polar surface area (TPSA) is 29.1 Å². The van der Waals surface area contributed by atoms with Gasteiger partial charge in [-0.05, 0) is 49.9 Å². The highest BCUT2D eigenvalue weighted by atomic mass is 16.2. The number of hydrogen-bond donors (Lipinski definition) is 1. The molecule has 2 heteroatoms. The highest BCUT2D eigenvalue weighted by Crippen LogP contribution is 2.60. The van der Waals surface area contributed by atoms with Crippen LogP contribution < -0.4 is 5.32 Å². The first-order valence-corrected chi connectivity index (χ1v) is 6.48. The van der Waals surface area contributed by atoms with Crippen LogP contribution in [0.5, 0.6) is 0 Å². The molecule has 0 aliphatic heterocycles. The smallest absolute Gasteiger partial charge is 0.226 e. The van der Waals surface area contributed by atoms with Crippen molar-refractivity contribution in [3.63, 3.8) is 0 Å². The Balaban J connectivity index is 1.95. The third-order valence-electron chi connectivity index (χ3n) is 5.42. The lowest BCUT2D eigenvalue weighted by Gasteiger charge is -2.48. The molecule has 3 rings (SSSR count). The van der Waals surface area contributed by atoms with E-state index in [2.05, 4.69) is 5.32 Å². The lowest BCUT2D eigenvalue weighted by Crippen LogP contribution is -2.50. The summed E-state index contributed by atoms with van der Waals surface area (Å²) in [6.45, 7) is 0. The Morgan fingerprint density at radius 3 is 2.93 bits per heavy atom. The van der Waals surface area contributed by atoms with Crippen LogP contribution >= 0.6 is 0 Å². The first-order valence-electron chi connectivity index (χ1n) is 6.48. The van der Waals surface area contributed by atoms with Gasteiger partial charge in [0.25, 0.3) is 0 Å². The van der Waals surface area contributed by atoms with E-state index < -0.39 is 0 Å². The van der Waals surface area contributed by atoms with Crippen molar-refractivity contribution in [2.45, 2.75) is 44.9 Å². The lowest BCUT2D eigenvalue weighted by molar-refractivity contribution is -0.140. The maximum Gasteiger partial charge on any atom is 0.226 e. The van der Waals surface area contributed by atoms with Crippen molar-refractivity contribution >= 4 is 5.91 Å². The van der Waals surface area contributed by atoms with Crippen LogP contribution in [-0.2, 0) is 4.79 Å². The Morgan fingerprint density at radius 2 is 2.13 bits per heavy atom. The van der Waals surface area contributed by atoms with Crippen molar-refractivity contribution in [1.82, 2.24) is 5.32 Å². The molecule has 3 fully saturated rings. The van der Waals surface area contributed by atoms with E-state index in [0.717, 1.165) is 18.3 Å². The van der Waals surface area contributed by atoms with Crippen LogP contribution in [0, 0.1) is 23.2 Å². The van der Waals surface area contributed by atoms with Gasteiger partial charge >= 0.3 is 0 Å². The summed E-state index contributed by atoms with van der Waals surface area (Å²) in [4.78, 5) is 12.2. The van der Waals surface area contributed by atoms with Gasteiger partial charge in [-0.25, -0.2) is 0 Å². The van der Waals surface area contributed by atoms with Crippen molar-refractivity contribution in [1.29, 1.82) is 0 Å². The van der Waals surface area contributed by atoms with Gasteiger partial charge in [-0.3, -0.25) is 4.79 Å². The minimum Gasteiger partial charge on any atom is -0.359 e. The Labute approximate surface area is 91.8 Å². The van der Waals surface area contributed by atoms with Crippen LogP contribution in [0.4, 0.5) is 0 Å². The van der Waals surface area contributed by atoms with E-state index in [1.54, 1.807) is 0 Å². The van der Waals surface area contributed by atoms with Gasteiger partial charge in [0, 0.05) is 7.05 Å². The predicted molar refractivity (Wildman–Crippen MR) is 59.3 cm³/mol. The summed E-state index contributed by atoms with van der Waals surface area (Å²) >= 11 is 0. The first kappa shape index (κ1) is 9.68. The zero-order valence-electron chi connectivity index (χ0n) is 9.59. The van der Waals surface area contributed by atoms with Crippen LogP contribution in [0.1, 0.15) is 44.9 Å². The van der Waals surface area contributed by atoms with E-state index in [0.29, 0.717) is 11.8 Å². The minimum absolute atomic E-state index is 0.0463. The third-order valence-corrected chi connectivity index (χ3v) is 5.42. The van der Waals surface area contributed by atoms with Crippen LogP contribution in [0.15, 0.2) is 0 Å². The Morgan fingerprint density at radius 1 is 1.27 bits per heavy atom. The summed E-state index contributed by atoms with van der Waals surface area (Å²) < 4.78 is 0. The maximum atomic E-state index is 12.2. The highest BCUT2D eigenvalue weighted by molar-refractivity contribution is 5.83. The molecule has 4 bridgehead atoms. The van der Waals surface area contributed by atoms with Crippen LogP contribution in [-0.4, -0.2) is 13.0 Å². The number of carbonyl (C=O) groups excluding carboxylic acids is 1. The average molecular weight is 207 g/mol. The molecule has 0 unspecified atom stereocenters. The molecule has 0 spiro atoms. The van der Waals surface area contributed by atoms with Crippen molar-refractivity contribution in [3.8, 4) is 0 Å². The number of fused-ring (bicyclic) bond motifs is 6. The van der Waals surface area contributed by atoms with E-state index in [9.17, 15) is 4.79 Å². The molecule has 84 valence electrons. The largest absolute Gasteiger partial charge is 0.359 e. The second-order valence-corrected chi connectivity index (χ2v) is 5.86. The fourth-order valence-electron chi connectivity index (χ4n) is 4.71. The highest BCUT2D eigenvalue weighted by Gasteiger charge is 2.55. The number of hydrogen-bond acceptors (Lipinski definition) is 1. The molecule has 3 aliphatic carbocycles. The number of rotatable bonds is 1. The number of amides is 1. The maximum absolute atomic E-state index is 12.2. The van der Waals surface area contributed by atoms with Gasteiger partial charge in [0.15, 0.2) is 0 Å². The quantitative estimate of drug-likeness (QED) is 0.702. The van der Waals surface area contributed by atoms with E-state index >= 15 is 0 Å². The second-order valence-electron chi connectivity index (χ2n) is 5.86. The van der Waals surface area contributed by atoms with Crippen molar-refractivity contribution < 1.29 is 4.79 Å². The summed E-state index contributed by atoms with van der Waals surface area (Å²) in [5, 5.41) is 2.92. The molecule has 0 heterocycles. The summed E-state index contributed by atoms with van der Waals surface area (Å²) in [6, 6.07) is 0. The van der Waals surface area contributed by atoms with Crippen LogP contribution in [0.2, 0.25) is 0 Å². The Bertz CT molecular complexity index is 288. The van der Waals surface area contributed by atoms with Crippen LogP contribution in [0.3, 0.4) is 0 Å². The molecular weight excluding hydrogens is 186 g/mol. The molecule has 0 aromatic carbocycles. The first-order chi connectivity index (χ1) is 7.26. The third kappa shape index (κ3) is 1.20. The molecular formula is C13H21NO. The van der Waals surface area contributed by atoms with Crippen molar-refractivity contribution in [3.05, 3.63) is 0 Å². The molecule has 0 saturated heterocycles. The summed E-state index contributed by atoms with van der Waals surface area (Å²) in [5.41, 5.74) is 0.0463. The van der Waals surface area contributed by atoms with Gasteiger partial charge in [-0.2, -0.15) is 0 Å². The second kappa shape index (κ2) is 3.23. The van der Waals surface area contributed by atoms with Gasteiger partial charge < -0.3 is 5.32 Å². The van der Waals surface area contributed by atoms with Crippen molar-refractivity contribution in [2.24, 2.45) is 23.2 Å². The van der Waals surface area contributed by atoms with Gasteiger partial charge in [0.2, 0.25) is 5.91 Å². The molecule has 3 aliphatic rings. The Kier molecular flexibility index (Phi) is 2.08. The molecule has 1 N–H and O–H groups in total. The zero-order chi connectivity index (χ0) is 10.5. The molecule has 0 aromatic rings. The average Bonchev–Trinajstić information content (AvgIpc) is 2.74. The monoisotopic (exact) mass is 207 g/mol. The molecule has 1 amide bonds. The van der Waals surface area contributed by atoms with E-state index in [-0.39, 0.29) is 5.41 Å². The molecule has 15 heavy (non-hydrogen) atoms. The van der Waals surface area contributed by atoms with Gasteiger partial charge in [-0.1, -0.05) is 12.8 Å². The molecule has 4 atom stereocenters. The fourth-order valence-corrected chi connectivity index (χ4v) is 4.71. The fraction of sp³-hybridized carbons (Fsp3) is 0.923. The normalized spacial score (nSPS) is 47.7. The summed E-state index contributed by atoms with van der Waals surface area (Å²) in [6.07, 6.45) is 9.07. The van der Waals surface area contributed by atoms with Gasteiger partial charge in [-0.15, -0.1) is 0 Å². The molecule has 0 aromatic heterocycles. The Hall–Kier alpha value is -0.530. The molecule has 2 nitrogen and oxygen atoms in total. The SMILES string of the molecule is CNC(=O)[C@]12CCC[C@@H](C1)[C@H]1CC[C@@H]2C1. The predicted octanol–water partition coefficient (Wildman–Crippen LogP) is 2.34. The van der Waals surface area contributed by atoms with Crippen LogP contribution in [0.25, 0.3) is 0 Å². The standard InChI is InChI=1S/C13H21NO/c1-14-12(15)13-6-2-3-10(8-13)9-4-5-11(13)7-9/h9-11H,2-8H2,1H3,(H,14,15)/t9-,10-,11+,13+/m0/s1. The van der Waals surface area contributed by atoms with E-state index in [4.69, 9.17) is 0 Å². The zero-order valence-corrected chi connectivity index (χ0v) is 9.59. The minimum atomic E-state index is 0.0463. The van der Waals surface area contributed by atoms with Gasteiger partial charge in [0.1, 0.15) is 0 Å². The molecule has 0 radical (unpaired) electrons. The van der Waals surface area contributed by atoms with E-state index in [1.807, 2.05) is 7.05 Å². The molecule has 3 saturated carbocycles. The number of nitrogens with one attached hydrogen (secondary N) is 1. The number of carbonyl (C=O) groups is 1. The summed E-state index contributed by atoms with van der Waals surface area (Å²) in [7, 11) is 1.81. The van der Waals surface area contributed by atoms with Gasteiger partial charge in [0.05, 0.1) is 5.41 Å². The van der Waals surface area contributed by atoms with Crippen molar-refractivity contribution in [2.75, 3.05) is 7.05 Å².